The zero-order chi connectivity index (χ0) is 16.6. The summed E-state index contributed by atoms with van der Waals surface area (Å²) in [4.78, 5) is 4.53. The molecule has 1 aromatic carbocycles. The van der Waals surface area contributed by atoms with Crippen LogP contribution in [-0.2, 0) is 18.4 Å². The number of imidazole rings is 1. The second-order valence-electron chi connectivity index (χ2n) is 5.35. The number of benzene rings is 1. The maximum atomic E-state index is 12.2. The SMILES string of the molecule is Cn1c(C2=CC=C(OC(F)(F)F)CC2)nc2ccc(CO)cc21. The quantitative estimate of drug-likeness (QED) is 0.937. The maximum Gasteiger partial charge on any atom is 0.572 e. The van der Waals surface area contributed by atoms with Crippen molar-refractivity contribution in [1.29, 1.82) is 0 Å². The largest absolute Gasteiger partial charge is 0.572 e. The van der Waals surface area contributed by atoms with E-state index in [1.807, 2.05) is 23.7 Å². The number of nitrogens with zero attached hydrogens (tertiary/aromatic N) is 2. The van der Waals surface area contributed by atoms with Gasteiger partial charge in [0.15, 0.2) is 0 Å². The predicted molar refractivity (Wildman–Crippen MR) is 79.1 cm³/mol. The van der Waals surface area contributed by atoms with Gasteiger partial charge < -0.3 is 14.4 Å². The van der Waals surface area contributed by atoms with Gasteiger partial charge in [0, 0.05) is 13.5 Å². The summed E-state index contributed by atoms with van der Waals surface area (Å²) in [7, 11) is 1.85. The fourth-order valence-electron chi connectivity index (χ4n) is 2.66. The van der Waals surface area contributed by atoms with Crippen LogP contribution in [0.3, 0.4) is 0 Å². The molecule has 0 saturated carbocycles. The van der Waals surface area contributed by atoms with E-state index in [0.29, 0.717) is 12.2 Å². The number of alkyl halides is 3. The number of fused-ring (bicyclic) bond motifs is 1. The van der Waals surface area contributed by atoms with Gasteiger partial charge in [0.05, 0.1) is 17.6 Å². The third-order valence-corrected chi connectivity index (χ3v) is 3.77. The highest BCUT2D eigenvalue weighted by Gasteiger charge is 2.32. The minimum Gasteiger partial charge on any atom is -0.410 e. The van der Waals surface area contributed by atoms with Crippen LogP contribution in [0.2, 0.25) is 0 Å². The molecular weight excluding hydrogens is 309 g/mol. The predicted octanol–water partition coefficient (Wildman–Crippen LogP) is 3.66. The molecule has 0 amide bonds. The molecule has 0 bridgehead atoms. The van der Waals surface area contributed by atoms with Gasteiger partial charge in [-0.15, -0.1) is 13.2 Å². The van der Waals surface area contributed by atoms with Crippen LogP contribution in [0.25, 0.3) is 16.6 Å². The van der Waals surface area contributed by atoms with Crippen LogP contribution < -0.4 is 0 Å². The lowest BCUT2D eigenvalue weighted by Crippen LogP contribution is -2.14. The van der Waals surface area contributed by atoms with Crippen LogP contribution >= 0.6 is 0 Å². The highest BCUT2D eigenvalue weighted by molar-refractivity contribution is 5.81. The number of aliphatic hydroxyl groups is 1. The summed E-state index contributed by atoms with van der Waals surface area (Å²) in [5, 5.41) is 9.21. The molecule has 1 N–H and O–H groups in total. The van der Waals surface area contributed by atoms with Gasteiger partial charge in [-0.2, -0.15) is 0 Å². The highest BCUT2D eigenvalue weighted by Crippen LogP contribution is 2.31. The lowest BCUT2D eigenvalue weighted by atomic mass is 10.0. The summed E-state index contributed by atoms with van der Waals surface area (Å²) in [6.45, 7) is -0.0555. The molecule has 2 aromatic rings. The van der Waals surface area contributed by atoms with E-state index in [9.17, 15) is 18.3 Å². The van der Waals surface area contributed by atoms with Gasteiger partial charge in [-0.25, -0.2) is 4.98 Å². The fourth-order valence-corrected chi connectivity index (χ4v) is 2.66. The van der Waals surface area contributed by atoms with Crippen molar-refractivity contribution in [3.05, 3.63) is 47.5 Å². The van der Waals surface area contributed by atoms with E-state index in [2.05, 4.69) is 9.72 Å². The Hall–Kier alpha value is -2.28. The molecule has 0 radical (unpaired) electrons. The minimum absolute atomic E-state index is 0.0555. The highest BCUT2D eigenvalue weighted by atomic mass is 19.4. The molecule has 1 heterocycles. The summed E-state index contributed by atoms with van der Waals surface area (Å²) >= 11 is 0. The van der Waals surface area contributed by atoms with Crippen molar-refractivity contribution in [2.45, 2.75) is 25.8 Å². The molecule has 7 heteroatoms. The van der Waals surface area contributed by atoms with Crippen molar-refractivity contribution in [1.82, 2.24) is 9.55 Å². The summed E-state index contributed by atoms with van der Waals surface area (Å²) in [5.41, 5.74) is 3.28. The summed E-state index contributed by atoms with van der Waals surface area (Å²) in [5.74, 6) is 0.611. The first-order valence-electron chi connectivity index (χ1n) is 7.09. The number of aliphatic hydroxyl groups excluding tert-OH is 1. The molecule has 0 atom stereocenters. The first kappa shape index (κ1) is 15.6. The maximum absolute atomic E-state index is 12.2. The van der Waals surface area contributed by atoms with Crippen LogP contribution in [0.15, 0.2) is 36.1 Å². The lowest BCUT2D eigenvalue weighted by Gasteiger charge is -2.16. The Morgan fingerprint density at radius 2 is 2.04 bits per heavy atom. The number of rotatable bonds is 3. The van der Waals surface area contributed by atoms with Crippen LogP contribution in [-0.4, -0.2) is 21.0 Å². The zero-order valence-corrected chi connectivity index (χ0v) is 12.4. The monoisotopic (exact) mass is 324 g/mol. The third-order valence-electron chi connectivity index (χ3n) is 3.77. The van der Waals surface area contributed by atoms with E-state index >= 15 is 0 Å². The van der Waals surface area contributed by atoms with Gasteiger partial charge >= 0.3 is 6.36 Å². The van der Waals surface area contributed by atoms with E-state index in [4.69, 9.17) is 0 Å². The molecular formula is C16H15F3N2O2. The molecule has 0 spiro atoms. The molecule has 122 valence electrons. The second kappa shape index (κ2) is 5.73. The van der Waals surface area contributed by atoms with Crippen molar-refractivity contribution >= 4 is 16.6 Å². The van der Waals surface area contributed by atoms with Crippen LogP contribution in [0.1, 0.15) is 24.2 Å². The number of aryl methyl sites for hydroxylation is 1. The van der Waals surface area contributed by atoms with Crippen LogP contribution in [0.5, 0.6) is 0 Å². The molecule has 1 aliphatic rings. The molecule has 0 aliphatic heterocycles. The average molecular weight is 324 g/mol. The molecule has 3 rings (SSSR count). The van der Waals surface area contributed by atoms with Crippen LogP contribution in [0, 0.1) is 0 Å². The minimum atomic E-state index is -4.66. The van der Waals surface area contributed by atoms with Gasteiger partial charge in [0.2, 0.25) is 0 Å². The lowest BCUT2D eigenvalue weighted by molar-refractivity contribution is -0.306. The van der Waals surface area contributed by atoms with Crippen molar-refractivity contribution in [2.75, 3.05) is 0 Å². The second-order valence-corrected chi connectivity index (χ2v) is 5.35. The van der Waals surface area contributed by atoms with E-state index in [1.54, 1.807) is 12.1 Å². The Bertz CT molecular complexity index is 803. The zero-order valence-electron chi connectivity index (χ0n) is 12.4. The number of aromatic nitrogens is 2. The summed E-state index contributed by atoms with van der Waals surface area (Å²) < 4.78 is 42.5. The molecule has 23 heavy (non-hydrogen) atoms. The van der Waals surface area contributed by atoms with Gasteiger partial charge in [-0.3, -0.25) is 0 Å². The van der Waals surface area contributed by atoms with Gasteiger partial charge in [0.25, 0.3) is 0 Å². The third kappa shape index (κ3) is 3.24. The van der Waals surface area contributed by atoms with Crippen LogP contribution in [0.4, 0.5) is 13.2 Å². The standard InChI is InChI=1S/C16H15F3N2O2/c1-21-14-8-10(9-22)2-7-13(14)20-15(21)11-3-5-12(6-4-11)23-16(17,18)19/h2-3,5,7-8,22H,4,6,9H2,1H3. The van der Waals surface area contributed by atoms with E-state index in [1.165, 1.54) is 6.08 Å². The number of hydrogen-bond donors (Lipinski definition) is 1. The first-order chi connectivity index (χ1) is 10.9. The normalized spacial score (nSPS) is 15.5. The van der Waals surface area contributed by atoms with Gasteiger partial charge in [0.1, 0.15) is 11.6 Å². The molecule has 0 fully saturated rings. The summed E-state index contributed by atoms with van der Waals surface area (Å²) in [6.07, 6.45) is -1.11. The van der Waals surface area contributed by atoms with Gasteiger partial charge in [-0.05, 0) is 35.8 Å². The van der Waals surface area contributed by atoms with Gasteiger partial charge in [-0.1, -0.05) is 12.1 Å². The van der Waals surface area contributed by atoms with E-state index in [0.717, 1.165) is 22.2 Å². The Kier molecular flexibility index (Phi) is 3.89. The van der Waals surface area contributed by atoms with Crippen molar-refractivity contribution in [3.63, 3.8) is 0 Å². The summed E-state index contributed by atoms with van der Waals surface area (Å²) in [6, 6.07) is 5.47. The Balaban J connectivity index is 1.93. The molecule has 4 nitrogen and oxygen atoms in total. The Morgan fingerprint density at radius 1 is 1.26 bits per heavy atom. The van der Waals surface area contributed by atoms with Crippen molar-refractivity contribution in [2.24, 2.45) is 7.05 Å². The topological polar surface area (TPSA) is 47.3 Å². The van der Waals surface area contributed by atoms with E-state index < -0.39 is 6.36 Å². The number of hydrogen-bond acceptors (Lipinski definition) is 3. The molecule has 0 unspecified atom stereocenters. The van der Waals surface area contributed by atoms with Crippen molar-refractivity contribution < 1.29 is 23.0 Å². The Morgan fingerprint density at radius 3 is 2.65 bits per heavy atom. The molecule has 0 saturated heterocycles. The number of ether oxygens (including phenoxy) is 1. The molecule has 1 aliphatic carbocycles. The Labute approximate surface area is 130 Å². The first-order valence-corrected chi connectivity index (χ1v) is 7.09. The van der Waals surface area contributed by atoms with Crippen molar-refractivity contribution in [3.8, 4) is 0 Å². The van der Waals surface area contributed by atoms with E-state index in [-0.39, 0.29) is 18.8 Å². The fraction of sp³-hybridized carbons (Fsp3) is 0.312. The smallest absolute Gasteiger partial charge is 0.410 e. The molecule has 1 aromatic heterocycles. The number of halogens is 3. The number of allylic oxidation sites excluding steroid dienone is 4. The average Bonchev–Trinajstić information content (AvgIpc) is 2.83.